The van der Waals surface area contributed by atoms with E-state index in [-0.39, 0.29) is 0 Å². The van der Waals surface area contributed by atoms with E-state index in [2.05, 4.69) is 33.9 Å². The average molecular weight is 360 g/mol. The largest absolute Gasteiger partial charge is 0.506 e. The summed E-state index contributed by atoms with van der Waals surface area (Å²) >= 11 is 0. The molecule has 0 spiro atoms. The molecule has 0 radical (unpaired) electrons. The van der Waals surface area contributed by atoms with Gasteiger partial charge in [0.2, 0.25) is 0 Å². The first-order valence-electron chi connectivity index (χ1n) is 9.99. The van der Waals surface area contributed by atoms with E-state index in [9.17, 15) is 5.11 Å². The lowest BCUT2D eigenvalue weighted by molar-refractivity contribution is 0.342. The van der Waals surface area contributed by atoms with Crippen LogP contribution in [0.1, 0.15) is 20.3 Å². The van der Waals surface area contributed by atoms with Gasteiger partial charge in [-0.25, -0.2) is 0 Å². The van der Waals surface area contributed by atoms with Crippen LogP contribution in [0, 0.1) is 5.92 Å². The predicted octanol–water partition coefficient (Wildman–Crippen LogP) is 1.82. The Labute approximate surface area is 157 Å². The van der Waals surface area contributed by atoms with Crippen LogP contribution in [0.2, 0.25) is 0 Å². The van der Waals surface area contributed by atoms with Crippen molar-refractivity contribution in [1.29, 1.82) is 0 Å². The predicted molar refractivity (Wildman–Crippen MR) is 108 cm³/mol. The number of anilines is 1. The van der Waals surface area contributed by atoms with Crippen LogP contribution in [0.15, 0.2) is 29.3 Å². The zero-order valence-corrected chi connectivity index (χ0v) is 16.2. The molecule has 2 heterocycles. The molecule has 3 rings (SSSR count). The number of hydrogen-bond donors (Lipinski definition) is 2. The molecule has 2 aliphatic heterocycles. The van der Waals surface area contributed by atoms with Gasteiger partial charge in [-0.05, 0) is 44.5 Å². The molecule has 6 heteroatoms. The molecular formula is C20H33N5O. The highest BCUT2D eigenvalue weighted by Crippen LogP contribution is 2.27. The zero-order valence-electron chi connectivity index (χ0n) is 16.2. The van der Waals surface area contributed by atoms with Crippen molar-refractivity contribution in [3.05, 3.63) is 24.3 Å². The average Bonchev–Trinajstić information content (AvgIpc) is 3.14. The monoisotopic (exact) mass is 359 g/mol. The molecular weight excluding hydrogens is 326 g/mol. The molecule has 1 unspecified atom stereocenters. The summed E-state index contributed by atoms with van der Waals surface area (Å²) in [4.78, 5) is 12.1. The molecule has 0 amide bonds. The molecule has 2 saturated heterocycles. The second-order valence-electron chi connectivity index (χ2n) is 7.21. The highest BCUT2D eigenvalue weighted by Gasteiger charge is 2.23. The highest BCUT2D eigenvalue weighted by atomic mass is 16.3. The Hall–Kier alpha value is -1.95. The first-order chi connectivity index (χ1) is 12.7. The third-order valence-corrected chi connectivity index (χ3v) is 5.45. The fraction of sp³-hybridized carbons (Fsp3) is 0.650. The summed E-state index contributed by atoms with van der Waals surface area (Å²) in [6, 6.07) is 7.60. The zero-order chi connectivity index (χ0) is 18.4. The van der Waals surface area contributed by atoms with Crippen LogP contribution in [0.4, 0.5) is 5.69 Å². The fourth-order valence-electron chi connectivity index (χ4n) is 3.88. The Bertz CT molecular complexity index is 598. The molecule has 26 heavy (non-hydrogen) atoms. The molecule has 144 valence electrons. The minimum atomic E-state index is 0.364. The minimum absolute atomic E-state index is 0.364. The number of benzene rings is 1. The molecule has 0 saturated carbocycles. The number of rotatable bonds is 5. The fourth-order valence-corrected chi connectivity index (χ4v) is 3.88. The first-order valence-corrected chi connectivity index (χ1v) is 9.99. The normalized spacial score (nSPS) is 22.1. The van der Waals surface area contributed by atoms with E-state index in [4.69, 9.17) is 4.99 Å². The Morgan fingerprint density at radius 3 is 2.58 bits per heavy atom. The molecule has 0 bridgehead atoms. The van der Waals surface area contributed by atoms with Gasteiger partial charge in [-0.3, -0.25) is 4.99 Å². The van der Waals surface area contributed by atoms with Crippen LogP contribution in [0.3, 0.4) is 0 Å². The summed E-state index contributed by atoms with van der Waals surface area (Å²) in [5.74, 6) is 2.09. The lowest BCUT2D eigenvalue weighted by atomic mass is 10.1. The molecule has 1 aromatic rings. The van der Waals surface area contributed by atoms with E-state index in [0.29, 0.717) is 11.7 Å². The molecule has 2 N–H and O–H groups in total. The Kier molecular flexibility index (Phi) is 6.61. The quantitative estimate of drug-likeness (QED) is 0.620. The topological polar surface area (TPSA) is 54.3 Å². The number of likely N-dealkylation sites (tertiary alicyclic amines) is 1. The van der Waals surface area contributed by atoms with Gasteiger partial charge < -0.3 is 25.1 Å². The van der Waals surface area contributed by atoms with E-state index < -0.39 is 0 Å². The van der Waals surface area contributed by atoms with Crippen molar-refractivity contribution in [3.63, 3.8) is 0 Å². The van der Waals surface area contributed by atoms with Gasteiger partial charge in [-0.15, -0.1) is 0 Å². The Morgan fingerprint density at radius 1 is 1.15 bits per heavy atom. The van der Waals surface area contributed by atoms with Gasteiger partial charge >= 0.3 is 0 Å². The van der Waals surface area contributed by atoms with Crippen molar-refractivity contribution in [2.24, 2.45) is 10.9 Å². The van der Waals surface area contributed by atoms with Crippen LogP contribution in [0.5, 0.6) is 5.75 Å². The molecule has 2 aliphatic rings. The van der Waals surface area contributed by atoms with Crippen LogP contribution >= 0.6 is 0 Å². The van der Waals surface area contributed by atoms with Crippen molar-refractivity contribution in [2.45, 2.75) is 20.3 Å². The van der Waals surface area contributed by atoms with Crippen molar-refractivity contribution in [3.8, 4) is 5.75 Å². The van der Waals surface area contributed by atoms with E-state index in [0.717, 1.165) is 57.5 Å². The number of phenolic OH excluding ortho intramolecular Hbond substituents is 1. The van der Waals surface area contributed by atoms with Gasteiger partial charge in [0.25, 0.3) is 0 Å². The second kappa shape index (κ2) is 9.12. The number of nitrogens with one attached hydrogen (secondary N) is 1. The van der Waals surface area contributed by atoms with Crippen molar-refractivity contribution in [2.75, 3.05) is 63.8 Å². The summed E-state index contributed by atoms with van der Waals surface area (Å²) < 4.78 is 0. The maximum absolute atomic E-state index is 10.1. The van der Waals surface area contributed by atoms with Gasteiger partial charge in [0, 0.05) is 45.8 Å². The van der Waals surface area contributed by atoms with Gasteiger partial charge in [0.05, 0.1) is 5.69 Å². The van der Waals surface area contributed by atoms with Gasteiger partial charge in [0.1, 0.15) is 5.75 Å². The number of phenols is 1. The van der Waals surface area contributed by atoms with Crippen LogP contribution in [-0.4, -0.2) is 79.8 Å². The number of hydrogen-bond acceptors (Lipinski definition) is 4. The maximum Gasteiger partial charge on any atom is 0.194 e. The molecule has 1 atom stereocenters. The summed E-state index contributed by atoms with van der Waals surface area (Å²) in [6.07, 6.45) is 1.26. The first kappa shape index (κ1) is 18.8. The van der Waals surface area contributed by atoms with Gasteiger partial charge in [0.15, 0.2) is 5.96 Å². The number of para-hydroxylation sites is 2. The number of aromatic hydroxyl groups is 1. The second-order valence-corrected chi connectivity index (χ2v) is 7.21. The molecule has 2 fully saturated rings. The lowest BCUT2D eigenvalue weighted by Gasteiger charge is -2.38. The van der Waals surface area contributed by atoms with Crippen LogP contribution in [0.25, 0.3) is 0 Å². The van der Waals surface area contributed by atoms with Crippen molar-refractivity contribution < 1.29 is 5.11 Å². The third kappa shape index (κ3) is 4.61. The smallest absolute Gasteiger partial charge is 0.194 e. The van der Waals surface area contributed by atoms with E-state index in [1.165, 1.54) is 19.5 Å². The van der Waals surface area contributed by atoms with Gasteiger partial charge in [-0.2, -0.15) is 0 Å². The number of piperazine rings is 1. The maximum atomic E-state index is 10.1. The number of nitrogens with zero attached hydrogens (tertiary/aromatic N) is 4. The van der Waals surface area contributed by atoms with Crippen LogP contribution in [-0.2, 0) is 0 Å². The SMILES string of the molecule is CCNC(=NCC1CCN(CC)C1)N1CCN(c2ccccc2O)CC1. The summed E-state index contributed by atoms with van der Waals surface area (Å²) in [5, 5.41) is 13.5. The summed E-state index contributed by atoms with van der Waals surface area (Å²) in [6.45, 7) is 13.4. The number of guanidine groups is 1. The molecule has 1 aromatic carbocycles. The Morgan fingerprint density at radius 2 is 1.92 bits per heavy atom. The third-order valence-electron chi connectivity index (χ3n) is 5.45. The summed E-state index contributed by atoms with van der Waals surface area (Å²) in [5.41, 5.74) is 0.930. The molecule has 0 aliphatic carbocycles. The summed E-state index contributed by atoms with van der Waals surface area (Å²) in [7, 11) is 0. The lowest BCUT2D eigenvalue weighted by Crippen LogP contribution is -2.52. The number of aliphatic imine (C=N–C) groups is 1. The minimum Gasteiger partial charge on any atom is -0.506 e. The van der Waals surface area contributed by atoms with E-state index in [1.54, 1.807) is 6.07 Å². The molecule has 0 aromatic heterocycles. The Balaban J connectivity index is 1.56. The molecule has 6 nitrogen and oxygen atoms in total. The van der Waals surface area contributed by atoms with Crippen molar-refractivity contribution in [1.82, 2.24) is 15.1 Å². The van der Waals surface area contributed by atoms with Crippen LogP contribution < -0.4 is 10.2 Å². The van der Waals surface area contributed by atoms with Crippen molar-refractivity contribution >= 4 is 11.6 Å². The standard InChI is InChI=1S/C20H33N5O/c1-3-21-20(22-15-17-9-10-23(4-2)16-17)25-13-11-24(12-14-25)18-7-5-6-8-19(18)26/h5-8,17,26H,3-4,9-16H2,1-2H3,(H,21,22). The van der Waals surface area contributed by atoms with E-state index >= 15 is 0 Å². The van der Waals surface area contributed by atoms with E-state index in [1.807, 2.05) is 18.2 Å². The highest BCUT2D eigenvalue weighted by molar-refractivity contribution is 5.80. The van der Waals surface area contributed by atoms with Gasteiger partial charge in [-0.1, -0.05) is 19.1 Å².